The number of hydrogen-bond donors (Lipinski definition) is 0. The Labute approximate surface area is 64.3 Å². The van der Waals surface area contributed by atoms with Gasteiger partial charge in [-0.05, 0) is 24.7 Å². The molecule has 58 valence electrons. The Morgan fingerprint density at radius 2 is 2.10 bits per heavy atom. The van der Waals surface area contributed by atoms with Crippen LogP contribution in [0.3, 0.4) is 0 Å². The van der Waals surface area contributed by atoms with Gasteiger partial charge in [-0.1, -0.05) is 32.3 Å². The molecular weight excluding hydrogens is 120 g/mol. The van der Waals surface area contributed by atoms with Crippen molar-refractivity contribution in [3.05, 3.63) is 12.7 Å². The van der Waals surface area contributed by atoms with Crippen molar-refractivity contribution < 1.29 is 0 Å². The molecule has 0 spiro atoms. The maximum Gasteiger partial charge on any atom is -0.0322 e. The summed E-state index contributed by atoms with van der Waals surface area (Å²) in [6.07, 6.45) is 9.09. The summed E-state index contributed by atoms with van der Waals surface area (Å²) >= 11 is 0. The van der Waals surface area contributed by atoms with Crippen LogP contribution in [-0.4, -0.2) is 0 Å². The second-order valence-electron chi connectivity index (χ2n) is 3.55. The molecule has 10 heavy (non-hydrogen) atoms. The van der Waals surface area contributed by atoms with Gasteiger partial charge in [0, 0.05) is 0 Å². The van der Waals surface area contributed by atoms with E-state index in [2.05, 4.69) is 19.6 Å². The Balaban J connectivity index is 2.32. The lowest BCUT2D eigenvalue weighted by Crippen LogP contribution is -2.15. The van der Waals surface area contributed by atoms with Crippen molar-refractivity contribution in [2.45, 2.75) is 39.0 Å². The van der Waals surface area contributed by atoms with Gasteiger partial charge in [-0.2, -0.15) is 0 Å². The van der Waals surface area contributed by atoms with Crippen molar-refractivity contribution in [1.82, 2.24) is 0 Å². The average molecular weight is 138 g/mol. The summed E-state index contributed by atoms with van der Waals surface area (Å²) in [7, 11) is 0. The summed E-state index contributed by atoms with van der Waals surface area (Å²) in [4.78, 5) is 0. The zero-order chi connectivity index (χ0) is 7.40. The van der Waals surface area contributed by atoms with E-state index in [9.17, 15) is 0 Å². The molecule has 0 nitrogen and oxygen atoms in total. The minimum atomic E-state index is 0.950. The Morgan fingerprint density at radius 1 is 1.40 bits per heavy atom. The molecule has 0 aromatic heterocycles. The molecule has 0 heteroatoms. The molecule has 0 bridgehead atoms. The van der Waals surface area contributed by atoms with Gasteiger partial charge in [-0.25, -0.2) is 0 Å². The van der Waals surface area contributed by atoms with E-state index in [0.29, 0.717) is 0 Å². The summed E-state index contributed by atoms with van der Waals surface area (Å²) in [5, 5.41) is 0. The van der Waals surface area contributed by atoms with Crippen LogP contribution in [0.5, 0.6) is 0 Å². The molecule has 0 aliphatic heterocycles. The second-order valence-corrected chi connectivity index (χ2v) is 3.55. The molecule has 0 heterocycles. The molecule has 1 aliphatic rings. The summed E-state index contributed by atoms with van der Waals surface area (Å²) in [6, 6.07) is 0. The number of rotatable bonds is 2. The molecular formula is C10H18. The minimum Gasteiger partial charge on any atom is -0.103 e. The third-order valence-corrected chi connectivity index (χ3v) is 2.76. The van der Waals surface area contributed by atoms with Crippen molar-refractivity contribution in [2.75, 3.05) is 0 Å². The smallest absolute Gasteiger partial charge is 0.0322 e. The van der Waals surface area contributed by atoms with E-state index in [1.807, 2.05) is 0 Å². The van der Waals surface area contributed by atoms with Crippen molar-refractivity contribution >= 4 is 0 Å². The molecule has 0 saturated heterocycles. The van der Waals surface area contributed by atoms with Gasteiger partial charge in [0.1, 0.15) is 0 Å². The first-order valence-corrected chi connectivity index (χ1v) is 4.45. The highest BCUT2D eigenvalue weighted by Crippen LogP contribution is 2.31. The second kappa shape index (κ2) is 3.80. The average Bonchev–Trinajstić information content (AvgIpc) is 1.94. The van der Waals surface area contributed by atoms with Crippen molar-refractivity contribution in [2.24, 2.45) is 11.8 Å². The fourth-order valence-electron chi connectivity index (χ4n) is 1.96. The summed E-state index contributed by atoms with van der Waals surface area (Å²) in [6.45, 7) is 6.17. The van der Waals surface area contributed by atoms with E-state index < -0.39 is 0 Å². The van der Waals surface area contributed by atoms with Gasteiger partial charge < -0.3 is 0 Å². The lowest BCUT2D eigenvalue weighted by molar-refractivity contribution is 0.258. The highest BCUT2D eigenvalue weighted by Gasteiger charge is 2.19. The SMILES string of the molecule is C=CC[C@@H]1CCCC[C@@H]1C. The Hall–Kier alpha value is -0.260. The number of allylic oxidation sites excluding steroid dienone is 1. The van der Waals surface area contributed by atoms with Gasteiger partial charge in [0.15, 0.2) is 0 Å². The highest BCUT2D eigenvalue weighted by molar-refractivity contribution is 4.79. The van der Waals surface area contributed by atoms with Gasteiger partial charge in [0.05, 0.1) is 0 Å². The summed E-state index contributed by atoms with van der Waals surface area (Å²) in [5.74, 6) is 1.90. The molecule has 1 rings (SSSR count). The van der Waals surface area contributed by atoms with Gasteiger partial charge in [-0.3, -0.25) is 0 Å². The molecule has 1 saturated carbocycles. The highest BCUT2D eigenvalue weighted by atomic mass is 14.2. The van der Waals surface area contributed by atoms with Crippen LogP contribution in [0, 0.1) is 11.8 Å². The summed E-state index contributed by atoms with van der Waals surface area (Å²) < 4.78 is 0. The third kappa shape index (κ3) is 1.86. The van der Waals surface area contributed by atoms with Crippen molar-refractivity contribution in [1.29, 1.82) is 0 Å². The predicted molar refractivity (Wildman–Crippen MR) is 45.9 cm³/mol. The Bertz CT molecular complexity index is 105. The normalized spacial score (nSPS) is 33.7. The van der Waals surface area contributed by atoms with Crippen LogP contribution < -0.4 is 0 Å². The maximum atomic E-state index is 3.79. The van der Waals surface area contributed by atoms with Crippen LogP contribution in [0.25, 0.3) is 0 Å². The van der Waals surface area contributed by atoms with Gasteiger partial charge in [0.2, 0.25) is 0 Å². The molecule has 0 aromatic carbocycles. The molecule has 0 amide bonds. The largest absolute Gasteiger partial charge is 0.103 e. The third-order valence-electron chi connectivity index (χ3n) is 2.76. The van der Waals surface area contributed by atoms with E-state index in [4.69, 9.17) is 0 Å². The molecule has 2 atom stereocenters. The van der Waals surface area contributed by atoms with Crippen LogP contribution in [0.4, 0.5) is 0 Å². The molecule has 1 fully saturated rings. The quantitative estimate of drug-likeness (QED) is 0.513. The molecule has 0 aromatic rings. The minimum absolute atomic E-state index is 0.950. The first-order chi connectivity index (χ1) is 4.84. The van der Waals surface area contributed by atoms with E-state index in [0.717, 1.165) is 11.8 Å². The summed E-state index contributed by atoms with van der Waals surface area (Å²) in [5.41, 5.74) is 0. The molecule has 1 aliphatic carbocycles. The van der Waals surface area contributed by atoms with Crippen LogP contribution in [0.15, 0.2) is 12.7 Å². The standard InChI is InChI=1S/C10H18/c1-3-6-10-8-5-4-7-9(10)2/h3,9-10H,1,4-8H2,2H3/t9-,10+/m0/s1. The van der Waals surface area contributed by atoms with E-state index in [1.54, 1.807) is 0 Å². The maximum absolute atomic E-state index is 3.79. The van der Waals surface area contributed by atoms with Crippen LogP contribution in [-0.2, 0) is 0 Å². The van der Waals surface area contributed by atoms with Gasteiger partial charge in [0.25, 0.3) is 0 Å². The predicted octanol–water partition coefficient (Wildman–Crippen LogP) is 3.39. The van der Waals surface area contributed by atoms with E-state index >= 15 is 0 Å². The van der Waals surface area contributed by atoms with Crippen LogP contribution >= 0.6 is 0 Å². The van der Waals surface area contributed by atoms with Gasteiger partial charge >= 0.3 is 0 Å². The van der Waals surface area contributed by atoms with Crippen LogP contribution in [0.2, 0.25) is 0 Å². The van der Waals surface area contributed by atoms with Gasteiger partial charge in [-0.15, -0.1) is 6.58 Å². The fraction of sp³-hybridized carbons (Fsp3) is 0.800. The number of hydrogen-bond acceptors (Lipinski definition) is 0. The first-order valence-electron chi connectivity index (χ1n) is 4.45. The topological polar surface area (TPSA) is 0 Å². The van der Waals surface area contributed by atoms with E-state index in [1.165, 1.54) is 32.1 Å². The zero-order valence-electron chi connectivity index (χ0n) is 6.97. The van der Waals surface area contributed by atoms with E-state index in [-0.39, 0.29) is 0 Å². The lowest BCUT2D eigenvalue weighted by atomic mass is 9.79. The zero-order valence-corrected chi connectivity index (χ0v) is 6.97. The fourth-order valence-corrected chi connectivity index (χ4v) is 1.96. The Kier molecular flexibility index (Phi) is 2.98. The Morgan fingerprint density at radius 3 is 2.70 bits per heavy atom. The molecule has 0 radical (unpaired) electrons. The lowest BCUT2D eigenvalue weighted by Gasteiger charge is -2.27. The first kappa shape index (κ1) is 7.84. The molecule has 0 N–H and O–H groups in total. The van der Waals surface area contributed by atoms with Crippen molar-refractivity contribution in [3.8, 4) is 0 Å². The monoisotopic (exact) mass is 138 g/mol. The van der Waals surface area contributed by atoms with Crippen LogP contribution in [0.1, 0.15) is 39.0 Å². The molecule has 0 unspecified atom stereocenters. The van der Waals surface area contributed by atoms with Crippen molar-refractivity contribution in [3.63, 3.8) is 0 Å².